The van der Waals surface area contributed by atoms with Gasteiger partial charge >= 0.3 is 0 Å². The van der Waals surface area contributed by atoms with Gasteiger partial charge in [-0.1, -0.05) is 0 Å². The van der Waals surface area contributed by atoms with Crippen LogP contribution < -0.4 is 5.73 Å². The van der Waals surface area contributed by atoms with Crippen molar-refractivity contribution >= 4 is 18.2 Å². The van der Waals surface area contributed by atoms with Gasteiger partial charge in [0.05, 0.1) is 6.54 Å². The lowest BCUT2D eigenvalue weighted by Crippen LogP contribution is -2.15. The van der Waals surface area contributed by atoms with Crippen molar-refractivity contribution in [1.82, 2.24) is 4.98 Å². The third kappa shape index (κ3) is 2.29. The number of nitrogens with zero attached hydrogens (tertiary/aromatic N) is 1. The number of carbonyl (C=O) groups is 1. The molecule has 0 unspecified atom stereocenters. The van der Waals surface area contributed by atoms with Crippen LogP contribution in [0.1, 0.15) is 16.1 Å². The highest BCUT2D eigenvalue weighted by Crippen LogP contribution is 2.02. The fraction of sp³-hybridized carbons (Fsp3) is 0.250. The SMILES string of the molecule is Cc1ncccc1C(=O)CN.Cl. The first-order valence-electron chi connectivity index (χ1n) is 3.40. The monoisotopic (exact) mass is 186 g/mol. The van der Waals surface area contributed by atoms with E-state index in [9.17, 15) is 4.79 Å². The molecule has 0 amide bonds. The highest BCUT2D eigenvalue weighted by Gasteiger charge is 2.05. The lowest BCUT2D eigenvalue weighted by molar-refractivity contribution is 0.100. The summed E-state index contributed by atoms with van der Waals surface area (Å²) in [6, 6.07) is 3.47. The zero-order chi connectivity index (χ0) is 8.27. The number of aryl methyl sites for hydroxylation is 1. The smallest absolute Gasteiger partial charge is 0.178 e. The van der Waals surface area contributed by atoms with Gasteiger partial charge in [-0.2, -0.15) is 0 Å². The molecule has 12 heavy (non-hydrogen) atoms. The molecule has 0 aromatic carbocycles. The van der Waals surface area contributed by atoms with Gasteiger partial charge in [0.1, 0.15) is 0 Å². The lowest BCUT2D eigenvalue weighted by atomic mass is 10.1. The number of hydrogen-bond donors (Lipinski definition) is 1. The van der Waals surface area contributed by atoms with E-state index in [1.165, 1.54) is 0 Å². The van der Waals surface area contributed by atoms with Crippen molar-refractivity contribution in [3.63, 3.8) is 0 Å². The molecule has 0 atom stereocenters. The van der Waals surface area contributed by atoms with Gasteiger partial charge in [-0.3, -0.25) is 9.78 Å². The van der Waals surface area contributed by atoms with Crippen molar-refractivity contribution in [3.05, 3.63) is 29.6 Å². The Bertz CT molecular complexity index is 276. The maximum absolute atomic E-state index is 11.1. The van der Waals surface area contributed by atoms with Crippen LogP contribution in [0.25, 0.3) is 0 Å². The second-order valence-corrected chi connectivity index (χ2v) is 2.26. The van der Waals surface area contributed by atoms with Crippen molar-refractivity contribution in [2.75, 3.05) is 6.54 Å². The molecule has 2 N–H and O–H groups in total. The average Bonchev–Trinajstić information content (AvgIpc) is 2.04. The van der Waals surface area contributed by atoms with Gasteiger partial charge in [0.25, 0.3) is 0 Å². The minimum atomic E-state index is -0.0596. The van der Waals surface area contributed by atoms with Crippen molar-refractivity contribution in [2.45, 2.75) is 6.92 Å². The van der Waals surface area contributed by atoms with Crippen LogP contribution in [0.4, 0.5) is 0 Å². The van der Waals surface area contributed by atoms with Crippen LogP contribution in [0.5, 0.6) is 0 Å². The van der Waals surface area contributed by atoms with Gasteiger partial charge in [0.15, 0.2) is 5.78 Å². The third-order valence-electron chi connectivity index (χ3n) is 1.49. The zero-order valence-electron chi connectivity index (χ0n) is 6.78. The Hall–Kier alpha value is -0.930. The predicted octanol–water partition coefficient (Wildman–Crippen LogP) is 0.953. The fourth-order valence-corrected chi connectivity index (χ4v) is 0.889. The Morgan fingerprint density at radius 2 is 2.33 bits per heavy atom. The highest BCUT2D eigenvalue weighted by molar-refractivity contribution is 5.98. The number of ketones is 1. The Kier molecular flexibility index (Phi) is 4.47. The molecule has 0 radical (unpaired) electrons. The molecule has 1 aromatic heterocycles. The van der Waals surface area contributed by atoms with Gasteiger partial charge in [0, 0.05) is 17.5 Å². The number of Topliss-reactive ketones (excluding diaryl/α,β-unsaturated/α-hetero) is 1. The van der Waals surface area contributed by atoms with Crippen LogP contribution in [-0.2, 0) is 0 Å². The van der Waals surface area contributed by atoms with E-state index in [4.69, 9.17) is 5.73 Å². The quantitative estimate of drug-likeness (QED) is 0.700. The maximum atomic E-state index is 11.1. The summed E-state index contributed by atoms with van der Waals surface area (Å²) in [5, 5.41) is 0. The Balaban J connectivity index is 0.00000121. The molecule has 66 valence electrons. The summed E-state index contributed by atoms with van der Waals surface area (Å²) in [4.78, 5) is 15.0. The van der Waals surface area contributed by atoms with Crippen molar-refractivity contribution < 1.29 is 4.79 Å². The van der Waals surface area contributed by atoms with Crippen molar-refractivity contribution in [1.29, 1.82) is 0 Å². The van der Waals surface area contributed by atoms with Crippen LogP contribution in [0.2, 0.25) is 0 Å². The number of halogens is 1. The molecular weight excluding hydrogens is 176 g/mol. The number of carbonyl (C=O) groups excluding carboxylic acids is 1. The summed E-state index contributed by atoms with van der Waals surface area (Å²) >= 11 is 0. The van der Waals surface area contributed by atoms with Gasteiger partial charge in [-0.05, 0) is 19.1 Å². The van der Waals surface area contributed by atoms with Crippen LogP contribution in [0.3, 0.4) is 0 Å². The number of hydrogen-bond acceptors (Lipinski definition) is 3. The topological polar surface area (TPSA) is 56.0 Å². The minimum absolute atomic E-state index is 0. The molecule has 0 bridgehead atoms. The summed E-state index contributed by atoms with van der Waals surface area (Å²) in [6.07, 6.45) is 1.66. The Morgan fingerprint density at radius 1 is 1.67 bits per heavy atom. The van der Waals surface area contributed by atoms with E-state index in [0.29, 0.717) is 5.56 Å². The van der Waals surface area contributed by atoms with E-state index in [2.05, 4.69) is 4.98 Å². The molecule has 1 rings (SSSR count). The van der Waals surface area contributed by atoms with Crippen LogP contribution in [0, 0.1) is 6.92 Å². The Morgan fingerprint density at radius 3 is 2.83 bits per heavy atom. The summed E-state index contributed by atoms with van der Waals surface area (Å²) in [5.74, 6) is -0.0596. The summed E-state index contributed by atoms with van der Waals surface area (Å²) in [7, 11) is 0. The predicted molar refractivity (Wildman–Crippen MR) is 49.6 cm³/mol. The second-order valence-electron chi connectivity index (χ2n) is 2.26. The van der Waals surface area contributed by atoms with E-state index >= 15 is 0 Å². The first-order valence-corrected chi connectivity index (χ1v) is 3.40. The van der Waals surface area contributed by atoms with E-state index in [-0.39, 0.29) is 24.7 Å². The van der Waals surface area contributed by atoms with Gasteiger partial charge < -0.3 is 5.73 Å². The van der Waals surface area contributed by atoms with E-state index < -0.39 is 0 Å². The number of rotatable bonds is 2. The van der Waals surface area contributed by atoms with Gasteiger partial charge in [-0.25, -0.2) is 0 Å². The summed E-state index contributed by atoms with van der Waals surface area (Å²) in [5.41, 5.74) is 6.55. The number of aromatic nitrogens is 1. The lowest BCUT2D eigenvalue weighted by Gasteiger charge is -1.99. The van der Waals surface area contributed by atoms with E-state index in [0.717, 1.165) is 5.69 Å². The normalized spacial score (nSPS) is 8.83. The maximum Gasteiger partial charge on any atom is 0.178 e. The standard InChI is InChI=1S/C8H10N2O.ClH/c1-6-7(8(11)5-9)3-2-4-10-6;/h2-4H,5,9H2,1H3;1H. The summed E-state index contributed by atoms with van der Waals surface area (Å²) < 4.78 is 0. The first-order chi connectivity index (χ1) is 5.25. The molecule has 4 heteroatoms. The highest BCUT2D eigenvalue weighted by atomic mass is 35.5. The molecule has 0 saturated carbocycles. The average molecular weight is 187 g/mol. The third-order valence-corrected chi connectivity index (χ3v) is 1.49. The Labute approximate surface area is 77.4 Å². The molecule has 0 aliphatic heterocycles. The zero-order valence-corrected chi connectivity index (χ0v) is 7.60. The molecule has 0 saturated heterocycles. The first kappa shape index (κ1) is 11.1. The molecule has 3 nitrogen and oxygen atoms in total. The van der Waals surface area contributed by atoms with Crippen LogP contribution >= 0.6 is 12.4 Å². The molecule has 1 aromatic rings. The molecular formula is C8H11ClN2O. The largest absolute Gasteiger partial charge is 0.324 e. The van der Waals surface area contributed by atoms with Crippen LogP contribution in [-0.4, -0.2) is 17.3 Å². The van der Waals surface area contributed by atoms with Crippen LogP contribution in [0.15, 0.2) is 18.3 Å². The molecule has 0 fully saturated rings. The van der Waals surface area contributed by atoms with Gasteiger partial charge in [-0.15, -0.1) is 12.4 Å². The minimum Gasteiger partial charge on any atom is -0.324 e. The number of pyridine rings is 1. The fourth-order valence-electron chi connectivity index (χ4n) is 0.889. The number of nitrogens with two attached hydrogens (primary N) is 1. The van der Waals surface area contributed by atoms with E-state index in [1.54, 1.807) is 25.3 Å². The second kappa shape index (κ2) is 4.85. The van der Waals surface area contributed by atoms with E-state index in [1.807, 2.05) is 0 Å². The van der Waals surface area contributed by atoms with Gasteiger partial charge in [0.2, 0.25) is 0 Å². The molecule has 0 spiro atoms. The molecule has 1 heterocycles. The summed E-state index contributed by atoms with van der Waals surface area (Å²) in [6.45, 7) is 1.84. The van der Waals surface area contributed by atoms with Crippen molar-refractivity contribution in [3.8, 4) is 0 Å². The molecule has 0 aliphatic rings. The molecule has 0 aliphatic carbocycles. The van der Waals surface area contributed by atoms with Crippen molar-refractivity contribution in [2.24, 2.45) is 5.73 Å².